The molecular weight excluding hydrogens is 255 g/mol. The largest absolute Gasteiger partial charge is 0.573 e. The number of rotatable bonds is 3. The monoisotopic (exact) mass is 265 g/mol. The number of hydrogen-bond donors (Lipinski definition) is 2. The maximum absolute atomic E-state index is 12.2. The zero-order chi connectivity index (χ0) is 13.9. The van der Waals surface area contributed by atoms with Crippen molar-refractivity contribution in [3.8, 4) is 5.75 Å². The second-order valence-electron chi connectivity index (χ2n) is 3.12. The summed E-state index contributed by atoms with van der Waals surface area (Å²) in [6, 6.07) is 0.885. The van der Waals surface area contributed by atoms with Crippen molar-refractivity contribution < 1.29 is 27.4 Å². The SMILES string of the molecule is COC(=O)c1c(OC(F)(F)F)cc(CN)nc1N. The lowest BCUT2D eigenvalue weighted by Crippen LogP contribution is -2.21. The number of alkyl halides is 3. The number of anilines is 1. The van der Waals surface area contributed by atoms with E-state index >= 15 is 0 Å². The van der Waals surface area contributed by atoms with Crippen LogP contribution in [0.5, 0.6) is 5.75 Å². The number of ether oxygens (including phenoxy) is 2. The Morgan fingerprint density at radius 3 is 2.56 bits per heavy atom. The molecule has 0 fully saturated rings. The summed E-state index contributed by atoms with van der Waals surface area (Å²) in [7, 11) is 0.996. The number of aromatic nitrogens is 1. The maximum Gasteiger partial charge on any atom is 0.573 e. The van der Waals surface area contributed by atoms with E-state index in [1.54, 1.807) is 0 Å². The molecule has 1 aromatic rings. The van der Waals surface area contributed by atoms with Crippen LogP contribution < -0.4 is 16.2 Å². The molecule has 1 rings (SSSR count). The van der Waals surface area contributed by atoms with Crippen LogP contribution in [0.15, 0.2) is 6.07 Å². The van der Waals surface area contributed by atoms with E-state index in [9.17, 15) is 18.0 Å². The average Bonchev–Trinajstić information content (AvgIpc) is 2.25. The Labute approximate surface area is 99.7 Å². The van der Waals surface area contributed by atoms with Gasteiger partial charge in [0.25, 0.3) is 0 Å². The van der Waals surface area contributed by atoms with Gasteiger partial charge in [0.15, 0.2) is 0 Å². The molecule has 0 spiro atoms. The molecule has 0 amide bonds. The molecule has 0 aromatic carbocycles. The van der Waals surface area contributed by atoms with Gasteiger partial charge in [-0.05, 0) is 0 Å². The van der Waals surface area contributed by atoms with E-state index in [-0.39, 0.29) is 12.2 Å². The first-order valence-corrected chi connectivity index (χ1v) is 4.62. The quantitative estimate of drug-likeness (QED) is 0.784. The van der Waals surface area contributed by atoms with Gasteiger partial charge in [-0.3, -0.25) is 0 Å². The van der Waals surface area contributed by atoms with Crippen molar-refractivity contribution in [2.24, 2.45) is 5.73 Å². The van der Waals surface area contributed by atoms with Crippen LogP contribution in [0.25, 0.3) is 0 Å². The Hall–Kier alpha value is -2.03. The number of nitrogens with two attached hydrogens (primary N) is 2. The lowest BCUT2D eigenvalue weighted by Gasteiger charge is -2.14. The van der Waals surface area contributed by atoms with Gasteiger partial charge in [-0.2, -0.15) is 0 Å². The van der Waals surface area contributed by atoms with Gasteiger partial charge in [0.2, 0.25) is 0 Å². The van der Waals surface area contributed by atoms with Gasteiger partial charge in [0.05, 0.1) is 12.8 Å². The molecule has 1 aromatic heterocycles. The smallest absolute Gasteiger partial charge is 0.465 e. The third-order valence-corrected chi connectivity index (χ3v) is 1.89. The molecule has 9 heteroatoms. The van der Waals surface area contributed by atoms with Gasteiger partial charge in [0, 0.05) is 12.6 Å². The first kappa shape index (κ1) is 14.0. The van der Waals surface area contributed by atoms with Gasteiger partial charge in [-0.25, -0.2) is 9.78 Å². The molecule has 0 aliphatic heterocycles. The lowest BCUT2D eigenvalue weighted by atomic mass is 10.2. The second kappa shape index (κ2) is 5.08. The summed E-state index contributed by atoms with van der Waals surface area (Å²) in [6.07, 6.45) is -4.97. The van der Waals surface area contributed by atoms with E-state index in [0.717, 1.165) is 13.2 Å². The minimum absolute atomic E-state index is 0.0550. The number of esters is 1. The zero-order valence-electron chi connectivity index (χ0n) is 9.25. The van der Waals surface area contributed by atoms with Gasteiger partial charge in [-0.15, -0.1) is 13.2 Å². The van der Waals surface area contributed by atoms with Crippen LogP contribution in [-0.4, -0.2) is 24.4 Å². The molecule has 0 bridgehead atoms. The van der Waals surface area contributed by atoms with Crippen molar-refractivity contribution in [2.45, 2.75) is 12.9 Å². The number of halogens is 3. The Bertz CT molecular complexity index is 462. The molecule has 0 radical (unpaired) electrons. The summed E-state index contributed by atoms with van der Waals surface area (Å²) in [6.45, 7) is -0.153. The van der Waals surface area contributed by atoms with Crippen molar-refractivity contribution >= 4 is 11.8 Å². The highest BCUT2D eigenvalue weighted by Crippen LogP contribution is 2.30. The van der Waals surface area contributed by atoms with Crippen molar-refractivity contribution in [2.75, 3.05) is 12.8 Å². The third-order valence-electron chi connectivity index (χ3n) is 1.89. The number of hydrogen-bond acceptors (Lipinski definition) is 6. The molecule has 4 N–H and O–H groups in total. The number of nitrogen functional groups attached to an aromatic ring is 1. The highest BCUT2D eigenvalue weighted by atomic mass is 19.4. The van der Waals surface area contributed by atoms with E-state index in [2.05, 4.69) is 14.5 Å². The summed E-state index contributed by atoms with van der Waals surface area (Å²) in [5.41, 5.74) is 10.1. The minimum Gasteiger partial charge on any atom is -0.465 e. The van der Waals surface area contributed by atoms with Crippen molar-refractivity contribution in [3.05, 3.63) is 17.3 Å². The summed E-state index contributed by atoms with van der Waals surface area (Å²) in [5, 5.41) is 0. The molecule has 0 saturated carbocycles. The molecule has 6 nitrogen and oxygen atoms in total. The van der Waals surface area contributed by atoms with Crippen LogP contribution in [0.3, 0.4) is 0 Å². The Kier molecular flexibility index (Phi) is 3.96. The predicted molar refractivity (Wildman–Crippen MR) is 54.6 cm³/mol. The van der Waals surface area contributed by atoms with E-state index in [1.165, 1.54) is 0 Å². The summed E-state index contributed by atoms with van der Waals surface area (Å²) < 4.78 is 44.6. The summed E-state index contributed by atoms with van der Waals surface area (Å²) in [5.74, 6) is -2.31. The van der Waals surface area contributed by atoms with Crippen molar-refractivity contribution in [1.29, 1.82) is 0 Å². The predicted octanol–water partition coefficient (Wildman–Crippen LogP) is 0.808. The van der Waals surface area contributed by atoms with Crippen LogP contribution in [-0.2, 0) is 11.3 Å². The van der Waals surface area contributed by atoms with Gasteiger partial charge >= 0.3 is 12.3 Å². The zero-order valence-corrected chi connectivity index (χ0v) is 9.25. The number of carbonyl (C=O) groups is 1. The molecule has 1 heterocycles. The van der Waals surface area contributed by atoms with Crippen LogP contribution in [0, 0.1) is 0 Å². The first-order chi connectivity index (χ1) is 8.28. The van der Waals surface area contributed by atoms with Crippen LogP contribution in [0.1, 0.15) is 16.1 Å². The minimum atomic E-state index is -4.97. The average molecular weight is 265 g/mol. The molecule has 0 atom stereocenters. The fourth-order valence-corrected chi connectivity index (χ4v) is 1.21. The van der Waals surface area contributed by atoms with Crippen molar-refractivity contribution in [1.82, 2.24) is 4.98 Å². The molecule has 18 heavy (non-hydrogen) atoms. The normalized spacial score (nSPS) is 11.2. The lowest BCUT2D eigenvalue weighted by molar-refractivity contribution is -0.274. The van der Waals surface area contributed by atoms with Crippen LogP contribution in [0.4, 0.5) is 19.0 Å². The van der Waals surface area contributed by atoms with E-state index < -0.39 is 29.5 Å². The van der Waals surface area contributed by atoms with Crippen molar-refractivity contribution in [3.63, 3.8) is 0 Å². The molecule has 0 saturated heterocycles. The third kappa shape index (κ3) is 3.23. The number of nitrogens with zero attached hydrogens (tertiary/aromatic N) is 1. The highest BCUT2D eigenvalue weighted by Gasteiger charge is 2.34. The van der Waals surface area contributed by atoms with Gasteiger partial charge < -0.3 is 20.9 Å². The summed E-state index contributed by atoms with van der Waals surface area (Å²) >= 11 is 0. The van der Waals surface area contributed by atoms with Gasteiger partial charge in [0.1, 0.15) is 17.1 Å². The van der Waals surface area contributed by atoms with Crippen LogP contribution in [0.2, 0.25) is 0 Å². The maximum atomic E-state index is 12.2. The molecule has 0 aliphatic carbocycles. The number of methoxy groups -OCH3 is 1. The molecule has 0 unspecified atom stereocenters. The number of carbonyl (C=O) groups excluding carboxylic acids is 1. The van der Waals surface area contributed by atoms with Gasteiger partial charge in [-0.1, -0.05) is 0 Å². The summed E-state index contributed by atoms with van der Waals surface area (Å²) in [4.78, 5) is 15.0. The second-order valence-corrected chi connectivity index (χ2v) is 3.12. The van der Waals surface area contributed by atoms with E-state index in [0.29, 0.717) is 0 Å². The Morgan fingerprint density at radius 2 is 2.11 bits per heavy atom. The molecule has 100 valence electrons. The highest BCUT2D eigenvalue weighted by molar-refractivity contribution is 5.97. The molecule has 0 aliphatic rings. The van der Waals surface area contributed by atoms with Crippen LogP contribution >= 0.6 is 0 Å². The number of pyridine rings is 1. The Morgan fingerprint density at radius 1 is 1.50 bits per heavy atom. The van der Waals surface area contributed by atoms with E-state index in [1.807, 2.05) is 0 Å². The topological polar surface area (TPSA) is 100 Å². The van der Waals surface area contributed by atoms with E-state index in [4.69, 9.17) is 11.5 Å². The standard InChI is InChI=1S/C9H10F3N3O3/c1-17-8(16)6-5(18-9(10,11)12)2-4(3-13)15-7(6)14/h2H,3,13H2,1H3,(H2,14,15). The first-order valence-electron chi connectivity index (χ1n) is 4.62. The molecular formula is C9H10F3N3O3. The Balaban J connectivity index is 3.34. The fraction of sp³-hybridized carbons (Fsp3) is 0.333. The fourth-order valence-electron chi connectivity index (χ4n) is 1.21.